The highest BCUT2D eigenvalue weighted by atomic mass is 32.2. The molecule has 1 N–H and O–H groups in total. The topological polar surface area (TPSA) is 52.7 Å². The third kappa shape index (κ3) is 3.45. The highest BCUT2D eigenvalue weighted by Gasteiger charge is 2.59. The number of nitrogens with one attached hydrogen (secondary N) is 1. The number of rotatable bonds is 3. The van der Waals surface area contributed by atoms with Gasteiger partial charge in [-0.25, -0.2) is 13.6 Å². The predicted molar refractivity (Wildman–Crippen MR) is 125 cm³/mol. The molecule has 168 valence electrons. The lowest BCUT2D eigenvalue weighted by atomic mass is 10.1. The van der Waals surface area contributed by atoms with E-state index in [1.807, 2.05) is 25.1 Å². The zero-order chi connectivity index (χ0) is 23.2. The molecular formula is C25H21F2N3O2S. The van der Waals surface area contributed by atoms with Gasteiger partial charge in [0.15, 0.2) is 4.87 Å². The van der Waals surface area contributed by atoms with Crippen LogP contribution in [0.5, 0.6) is 0 Å². The molecule has 2 aliphatic heterocycles. The second kappa shape index (κ2) is 8.19. The first-order valence-electron chi connectivity index (χ1n) is 10.6. The van der Waals surface area contributed by atoms with E-state index < -0.39 is 22.5 Å². The number of carbonyl (C=O) groups is 2. The van der Waals surface area contributed by atoms with Crippen LogP contribution in [0, 0.1) is 18.6 Å². The second-order valence-electron chi connectivity index (χ2n) is 8.05. The quantitative estimate of drug-likeness (QED) is 0.575. The number of benzene rings is 3. The van der Waals surface area contributed by atoms with Crippen LogP contribution in [0.1, 0.15) is 16.7 Å². The highest BCUT2D eigenvalue weighted by molar-refractivity contribution is 8.01. The minimum absolute atomic E-state index is 0.184. The molecule has 1 spiro atoms. The van der Waals surface area contributed by atoms with Gasteiger partial charge in [-0.1, -0.05) is 36.4 Å². The zero-order valence-corrected chi connectivity index (χ0v) is 18.7. The van der Waals surface area contributed by atoms with Gasteiger partial charge in [-0.3, -0.25) is 9.69 Å². The molecule has 33 heavy (non-hydrogen) atoms. The number of urea groups is 1. The van der Waals surface area contributed by atoms with E-state index >= 15 is 0 Å². The summed E-state index contributed by atoms with van der Waals surface area (Å²) in [6.45, 7) is 2.04. The summed E-state index contributed by atoms with van der Waals surface area (Å²) in [4.78, 5) is 28.8. The lowest BCUT2D eigenvalue weighted by Crippen LogP contribution is -2.51. The van der Waals surface area contributed by atoms with Crippen LogP contribution in [0.3, 0.4) is 0 Å². The molecule has 0 aliphatic carbocycles. The van der Waals surface area contributed by atoms with Crippen molar-refractivity contribution in [2.24, 2.45) is 0 Å². The van der Waals surface area contributed by atoms with E-state index in [4.69, 9.17) is 0 Å². The molecule has 2 heterocycles. The van der Waals surface area contributed by atoms with Crippen LogP contribution in [0.15, 0.2) is 66.7 Å². The number of fused-ring (bicyclic) bond motifs is 2. The Morgan fingerprint density at radius 3 is 2.55 bits per heavy atom. The molecule has 1 atom stereocenters. The summed E-state index contributed by atoms with van der Waals surface area (Å²) in [6, 6.07) is 17.8. The van der Waals surface area contributed by atoms with E-state index in [9.17, 15) is 18.4 Å². The van der Waals surface area contributed by atoms with E-state index in [1.165, 1.54) is 39.8 Å². The molecule has 1 fully saturated rings. The molecule has 0 unspecified atom stereocenters. The number of carbonyl (C=O) groups excluding carboxylic acids is 2. The maximum atomic E-state index is 14.4. The number of thioether (sulfide) groups is 1. The molecule has 0 aromatic heterocycles. The molecule has 3 aromatic rings. The largest absolute Gasteiger partial charge is 0.323 e. The molecule has 0 bridgehead atoms. The lowest BCUT2D eigenvalue weighted by molar-refractivity contribution is -0.123. The molecule has 5 rings (SSSR count). The van der Waals surface area contributed by atoms with Crippen LogP contribution in [0.4, 0.5) is 25.0 Å². The van der Waals surface area contributed by atoms with E-state index in [0.717, 1.165) is 5.56 Å². The maximum absolute atomic E-state index is 14.4. The number of nitrogens with zero attached hydrogens (tertiary/aromatic N) is 2. The predicted octanol–water partition coefficient (Wildman–Crippen LogP) is 5.25. The zero-order valence-electron chi connectivity index (χ0n) is 17.8. The molecular weight excluding hydrogens is 444 g/mol. The summed E-state index contributed by atoms with van der Waals surface area (Å²) in [5.41, 5.74) is 2.65. The average molecular weight is 466 g/mol. The molecule has 0 radical (unpaired) electrons. The Balaban J connectivity index is 1.53. The fourth-order valence-electron chi connectivity index (χ4n) is 4.48. The Labute approximate surface area is 194 Å². The molecule has 3 amide bonds. The summed E-state index contributed by atoms with van der Waals surface area (Å²) in [5, 5.41) is 2.89. The van der Waals surface area contributed by atoms with Crippen molar-refractivity contribution in [2.45, 2.75) is 18.3 Å². The lowest BCUT2D eigenvalue weighted by Gasteiger charge is -2.33. The third-order valence-corrected chi connectivity index (χ3v) is 7.41. The van der Waals surface area contributed by atoms with Gasteiger partial charge in [0.25, 0.3) is 5.91 Å². The van der Waals surface area contributed by atoms with Crippen molar-refractivity contribution in [3.05, 3.63) is 95.1 Å². The van der Waals surface area contributed by atoms with Gasteiger partial charge in [0, 0.05) is 29.1 Å². The summed E-state index contributed by atoms with van der Waals surface area (Å²) in [5.74, 6) is -1.25. The van der Waals surface area contributed by atoms with Crippen LogP contribution in [-0.2, 0) is 16.2 Å². The molecule has 2 aliphatic rings. The summed E-state index contributed by atoms with van der Waals surface area (Å²) < 4.78 is 28.8. The number of anilines is 2. The van der Waals surface area contributed by atoms with Gasteiger partial charge >= 0.3 is 6.03 Å². The minimum Gasteiger partial charge on any atom is -0.308 e. The smallest absolute Gasteiger partial charge is 0.308 e. The van der Waals surface area contributed by atoms with Crippen molar-refractivity contribution in [1.82, 2.24) is 4.90 Å². The van der Waals surface area contributed by atoms with E-state index in [-0.39, 0.29) is 18.0 Å². The van der Waals surface area contributed by atoms with Crippen LogP contribution in [0.25, 0.3) is 0 Å². The van der Waals surface area contributed by atoms with Crippen LogP contribution < -0.4 is 10.2 Å². The van der Waals surface area contributed by atoms with Crippen LogP contribution in [0.2, 0.25) is 0 Å². The van der Waals surface area contributed by atoms with Gasteiger partial charge in [0.1, 0.15) is 11.6 Å². The third-order valence-electron chi connectivity index (χ3n) is 5.99. The normalized spacial score (nSPS) is 19.3. The fourth-order valence-corrected chi connectivity index (χ4v) is 5.94. The van der Waals surface area contributed by atoms with Gasteiger partial charge in [0.2, 0.25) is 0 Å². The van der Waals surface area contributed by atoms with Crippen LogP contribution in [-0.4, -0.2) is 29.1 Å². The monoisotopic (exact) mass is 465 g/mol. The Hall–Kier alpha value is -3.39. The average Bonchev–Trinajstić information content (AvgIpc) is 3.33. The van der Waals surface area contributed by atoms with Gasteiger partial charge in [-0.15, -0.1) is 11.8 Å². The number of para-hydroxylation sites is 1. The Kier molecular flexibility index (Phi) is 5.32. The fraction of sp³-hybridized carbons (Fsp3) is 0.200. The molecule has 1 saturated heterocycles. The Morgan fingerprint density at radius 2 is 1.79 bits per heavy atom. The minimum atomic E-state index is -1.29. The van der Waals surface area contributed by atoms with Gasteiger partial charge in [-0.05, 0) is 42.8 Å². The number of amides is 3. The molecule has 8 heteroatoms. The van der Waals surface area contributed by atoms with Crippen LogP contribution >= 0.6 is 11.8 Å². The summed E-state index contributed by atoms with van der Waals surface area (Å²) in [6.07, 6.45) is 0. The number of hydrogen-bond acceptors (Lipinski definition) is 3. The molecule has 5 nitrogen and oxygen atoms in total. The highest BCUT2D eigenvalue weighted by Crippen LogP contribution is 2.54. The first-order valence-corrected chi connectivity index (χ1v) is 11.5. The first-order chi connectivity index (χ1) is 15.9. The maximum Gasteiger partial charge on any atom is 0.323 e. The van der Waals surface area contributed by atoms with Crippen molar-refractivity contribution in [3.8, 4) is 0 Å². The number of aryl methyl sites for hydroxylation is 1. The van der Waals surface area contributed by atoms with Gasteiger partial charge in [-0.2, -0.15) is 0 Å². The van der Waals surface area contributed by atoms with Crippen molar-refractivity contribution in [3.63, 3.8) is 0 Å². The van der Waals surface area contributed by atoms with E-state index in [1.54, 1.807) is 30.3 Å². The molecule has 3 aromatic carbocycles. The molecule has 0 saturated carbocycles. The van der Waals surface area contributed by atoms with Gasteiger partial charge < -0.3 is 10.2 Å². The second-order valence-corrected chi connectivity index (χ2v) is 9.34. The van der Waals surface area contributed by atoms with Gasteiger partial charge in [0.05, 0.1) is 12.2 Å². The SMILES string of the molecule is Cc1cccc(NC(=O)N2CCS[C@@]23C(=O)N(Cc2c(F)cccc2F)c2ccccc23)c1. The summed E-state index contributed by atoms with van der Waals surface area (Å²) in [7, 11) is 0. The van der Waals surface area contributed by atoms with Crippen molar-refractivity contribution in [1.29, 1.82) is 0 Å². The van der Waals surface area contributed by atoms with Crippen molar-refractivity contribution < 1.29 is 18.4 Å². The van der Waals surface area contributed by atoms with E-state index in [2.05, 4.69) is 5.32 Å². The standard InChI is InChI=1S/C25H21F2N3O2S/c1-16-6-4-7-17(14-16)28-24(32)30-12-13-33-25(30)19-8-2-3-11-22(19)29(23(25)31)15-18-20(26)9-5-10-21(18)27/h2-11,14H,12-13,15H2,1H3,(H,28,32)/t25-/m0/s1. The van der Waals surface area contributed by atoms with E-state index in [0.29, 0.717) is 29.2 Å². The number of hydrogen-bond donors (Lipinski definition) is 1. The summed E-state index contributed by atoms with van der Waals surface area (Å²) >= 11 is 1.36. The van der Waals surface area contributed by atoms with Crippen molar-refractivity contribution >= 4 is 35.1 Å². The van der Waals surface area contributed by atoms with Crippen molar-refractivity contribution in [2.75, 3.05) is 22.5 Å². The number of halogens is 2. The Bertz CT molecular complexity index is 1250. The first kappa shape index (κ1) is 21.5. The Morgan fingerprint density at radius 1 is 1.06 bits per heavy atom.